The molecular weight excluding hydrogens is 256 g/mol. The molecule has 0 atom stereocenters. The highest BCUT2D eigenvalue weighted by Crippen LogP contribution is 2.33. The van der Waals surface area contributed by atoms with Crippen LogP contribution in [0.5, 0.6) is 0 Å². The Labute approximate surface area is 115 Å². The summed E-state index contributed by atoms with van der Waals surface area (Å²) in [5, 5.41) is 3.01. The fourth-order valence-electron chi connectivity index (χ4n) is 2.41. The van der Waals surface area contributed by atoms with Gasteiger partial charge in [0.15, 0.2) is 0 Å². The van der Waals surface area contributed by atoms with E-state index in [4.69, 9.17) is 5.73 Å². The Morgan fingerprint density at radius 2 is 2.11 bits per heavy atom. The summed E-state index contributed by atoms with van der Waals surface area (Å²) in [6.45, 7) is 6.31. The fourth-order valence-corrected chi connectivity index (χ4v) is 3.16. The van der Waals surface area contributed by atoms with Gasteiger partial charge in [0, 0.05) is 11.6 Å². The quantitative estimate of drug-likeness (QED) is 0.779. The van der Waals surface area contributed by atoms with Crippen LogP contribution in [0.3, 0.4) is 0 Å². The molecule has 0 saturated heterocycles. The molecular formula is C14H16N4S. The molecule has 0 amide bonds. The second-order valence-corrected chi connectivity index (χ2v) is 6.09. The number of hydrogen-bond donors (Lipinski definition) is 1. The van der Waals surface area contributed by atoms with Gasteiger partial charge in [-0.2, -0.15) is 0 Å². The first kappa shape index (κ1) is 12.2. The van der Waals surface area contributed by atoms with Crippen LogP contribution < -0.4 is 5.73 Å². The maximum Gasteiger partial charge on any atom is 0.202 e. The zero-order valence-electron chi connectivity index (χ0n) is 11.2. The minimum atomic E-state index is -0.305. The van der Waals surface area contributed by atoms with Gasteiger partial charge in [0.25, 0.3) is 0 Å². The average Bonchev–Trinajstić information content (AvgIpc) is 2.95. The molecule has 98 valence electrons. The zero-order valence-corrected chi connectivity index (χ0v) is 12.0. The number of fused-ring (bicyclic) bond motifs is 1. The van der Waals surface area contributed by atoms with Crippen molar-refractivity contribution in [3.63, 3.8) is 0 Å². The number of benzene rings is 1. The van der Waals surface area contributed by atoms with Crippen LogP contribution in [-0.4, -0.2) is 14.5 Å². The maximum absolute atomic E-state index is 6.12. The molecule has 2 N–H and O–H groups in total. The predicted molar refractivity (Wildman–Crippen MR) is 79.4 cm³/mol. The lowest BCUT2D eigenvalue weighted by atomic mass is 10.1. The van der Waals surface area contributed by atoms with E-state index in [1.165, 1.54) is 5.56 Å². The lowest BCUT2D eigenvalue weighted by molar-refractivity contribution is 0.452. The van der Waals surface area contributed by atoms with Crippen LogP contribution >= 0.6 is 11.3 Å². The standard InChI is InChI=1S/C14H16N4S/c1-9-4-5-10-11(8-9)18(13(15)17-10)14(2,3)12-16-6-7-19-12/h4-8H,1-3H3,(H2,15,17). The van der Waals surface area contributed by atoms with Gasteiger partial charge < -0.3 is 5.73 Å². The molecule has 1 aromatic carbocycles. The molecule has 0 aliphatic rings. The molecule has 0 radical (unpaired) electrons. The molecule has 2 heterocycles. The molecule has 0 aliphatic carbocycles. The van der Waals surface area contributed by atoms with E-state index in [0.29, 0.717) is 5.95 Å². The number of nitrogens with zero attached hydrogens (tertiary/aromatic N) is 3. The first-order chi connectivity index (χ1) is 9.00. The predicted octanol–water partition coefficient (Wildman–Crippen LogP) is 3.17. The maximum atomic E-state index is 6.12. The Bertz CT molecular complexity index is 725. The Balaban J connectivity index is 2.30. The van der Waals surface area contributed by atoms with E-state index in [2.05, 4.69) is 47.4 Å². The molecule has 0 saturated carbocycles. The summed E-state index contributed by atoms with van der Waals surface area (Å²) in [6.07, 6.45) is 1.82. The number of nitrogen functional groups attached to an aromatic ring is 1. The van der Waals surface area contributed by atoms with Gasteiger partial charge in [-0.3, -0.25) is 4.57 Å². The monoisotopic (exact) mass is 272 g/mol. The first-order valence-corrected chi connectivity index (χ1v) is 7.03. The third-order valence-corrected chi connectivity index (χ3v) is 4.44. The van der Waals surface area contributed by atoms with Gasteiger partial charge >= 0.3 is 0 Å². The summed E-state index contributed by atoms with van der Waals surface area (Å²) in [6, 6.07) is 6.18. The SMILES string of the molecule is Cc1ccc2nc(N)n(C(C)(C)c3nccs3)c2c1. The third kappa shape index (κ3) is 1.81. The van der Waals surface area contributed by atoms with Gasteiger partial charge in [0.05, 0.1) is 16.6 Å². The summed E-state index contributed by atoms with van der Waals surface area (Å²) in [5.74, 6) is 0.529. The van der Waals surface area contributed by atoms with Crippen molar-refractivity contribution in [2.75, 3.05) is 5.73 Å². The second-order valence-electron chi connectivity index (χ2n) is 5.19. The van der Waals surface area contributed by atoms with Crippen molar-refractivity contribution < 1.29 is 0 Å². The van der Waals surface area contributed by atoms with E-state index in [0.717, 1.165) is 16.0 Å². The average molecular weight is 272 g/mol. The topological polar surface area (TPSA) is 56.7 Å². The van der Waals surface area contributed by atoms with Crippen LogP contribution in [0.25, 0.3) is 11.0 Å². The smallest absolute Gasteiger partial charge is 0.202 e. The number of nitrogens with two attached hydrogens (primary N) is 1. The molecule has 3 rings (SSSR count). The van der Waals surface area contributed by atoms with Crippen LogP contribution in [0.1, 0.15) is 24.4 Å². The van der Waals surface area contributed by atoms with Crippen molar-refractivity contribution in [1.82, 2.24) is 14.5 Å². The summed E-state index contributed by atoms with van der Waals surface area (Å²) in [7, 11) is 0. The van der Waals surface area contributed by atoms with Gasteiger partial charge in [0.2, 0.25) is 5.95 Å². The van der Waals surface area contributed by atoms with Crippen molar-refractivity contribution in [3.8, 4) is 0 Å². The van der Waals surface area contributed by atoms with E-state index >= 15 is 0 Å². The lowest BCUT2D eigenvalue weighted by Crippen LogP contribution is -2.28. The number of aromatic nitrogens is 3. The van der Waals surface area contributed by atoms with Gasteiger partial charge in [-0.05, 0) is 38.5 Å². The second kappa shape index (κ2) is 4.06. The van der Waals surface area contributed by atoms with Crippen molar-refractivity contribution in [2.24, 2.45) is 0 Å². The normalized spacial score (nSPS) is 12.2. The fraction of sp³-hybridized carbons (Fsp3) is 0.286. The van der Waals surface area contributed by atoms with Gasteiger partial charge in [-0.25, -0.2) is 9.97 Å². The highest BCUT2D eigenvalue weighted by Gasteiger charge is 2.29. The van der Waals surface area contributed by atoms with Crippen molar-refractivity contribution in [3.05, 3.63) is 40.3 Å². The highest BCUT2D eigenvalue weighted by molar-refractivity contribution is 7.09. The number of imidazole rings is 1. The molecule has 2 aromatic heterocycles. The summed E-state index contributed by atoms with van der Waals surface area (Å²) < 4.78 is 2.06. The zero-order chi connectivity index (χ0) is 13.6. The first-order valence-electron chi connectivity index (χ1n) is 6.15. The number of anilines is 1. The molecule has 0 unspecified atom stereocenters. The molecule has 0 fully saturated rings. The lowest BCUT2D eigenvalue weighted by Gasteiger charge is -2.26. The number of aryl methyl sites for hydroxylation is 1. The van der Waals surface area contributed by atoms with Crippen LogP contribution in [-0.2, 0) is 5.54 Å². The summed E-state index contributed by atoms with van der Waals surface area (Å²) in [5.41, 5.74) is 8.99. The molecule has 3 aromatic rings. The van der Waals surface area contributed by atoms with E-state index in [1.807, 2.05) is 17.6 Å². The molecule has 5 heteroatoms. The molecule has 4 nitrogen and oxygen atoms in total. The Kier molecular flexibility index (Phi) is 2.60. The molecule has 19 heavy (non-hydrogen) atoms. The van der Waals surface area contributed by atoms with Crippen LogP contribution in [0.15, 0.2) is 29.8 Å². The summed E-state index contributed by atoms with van der Waals surface area (Å²) in [4.78, 5) is 8.88. The van der Waals surface area contributed by atoms with E-state index in [9.17, 15) is 0 Å². The van der Waals surface area contributed by atoms with Gasteiger partial charge in [-0.15, -0.1) is 11.3 Å². The number of rotatable bonds is 2. The highest BCUT2D eigenvalue weighted by atomic mass is 32.1. The van der Waals surface area contributed by atoms with Gasteiger partial charge in [0.1, 0.15) is 5.01 Å². The van der Waals surface area contributed by atoms with Gasteiger partial charge in [-0.1, -0.05) is 6.07 Å². The van der Waals surface area contributed by atoms with Crippen molar-refractivity contribution >= 4 is 28.3 Å². The Morgan fingerprint density at radius 3 is 2.79 bits per heavy atom. The third-order valence-electron chi connectivity index (χ3n) is 3.35. The Morgan fingerprint density at radius 1 is 1.32 bits per heavy atom. The van der Waals surface area contributed by atoms with Crippen molar-refractivity contribution in [1.29, 1.82) is 0 Å². The molecule has 0 aliphatic heterocycles. The number of hydrogen-bond acceptors (Lipinski definition) is 4. The van der Waals surface area contributed by atoms with Crippen LogP contribution in [0.4, 0.5) is 5.95 Å². The van der Waals surface area contributed by atoms with Crippen molar-refractivity contribution in [2.45, 2.75) is 26.3 Å². The Hall–Kier alpha value is -1.88. The molecule has 0 bridgehead atoms. The van der Waals surface area contributed by atoms with E-state index in [1.54, 1.807) is 11.3 Å². The minimum Gasteiger partial charge on any atom is -0.369 e. The number of thiazole rings is 1. The minimum absolute atomic E-state index is 0.305. The van der Waals surface area contributed by atoms with E-state index in [-0.39, 0.29) is 5.54 Å². The molecule has 0 spiro atoms. The summed E-state index contributed by atoms with van der Waals surface area (Å²) >= 11 is 1.63. The van der Waals surface area contributed by atoms with Crippen LogP contribution in [0.2, 0.25) is 0 Å². The van der Waals surface area contributed by atoms with E-state index < -0.39 is 0 Å². The largest absolute Gasteiger partial charge is 0.369 e. The van der Waals surface area contributed by atoms with Crippen LogP contribution in [0, 0.1) is 6.92 Å².